The molecule has 1 heterocycles. The van der Waals surface area contributed by atoms with Crippen LogP contribution in [0.5, 0.6) is 0 Å². The lowest BCUT2D eigenvalue weighted by molar-refractivity contribution is -0.143. The van der Waals surface area contributed by atoms with Crippen LogP contribution in [0.4, 0.5) is 0 Å². The number of piperidine rings is 1. The Bertz CT molecular complexity index is 563. The number of carbonyl (C=O) groups is 2. The summed E-state index contributed by atoms with van der Waals surface area (Å²) in [5, 5.41) is 3.12. The van der Waals surface area contributed by atoms with Crippen molar-refractivity contribution >= 4 is 11.8 Å². The second kappa shape index (κ2) is 6.11. The first-order valence-electron chi connectivity index (χ1n) is 8.26. The van der Waals surface area contributed by atoms with E-state index in [0.717, 1.165) is 18.4 Å². The Morgan fingerprint density at radius 2 is 1.91 bits per heavy atom. The summed E-state index contributed by atoms with van der Waals surface area (Å²) in [4.78, 5) is 26.8. The third-order valence-electron chi connectivity index (χ3n) is 4.73. The van der Waals surface area contributed by atoms with Gasteiger partial charge in [0.05, 0.1) is 12.0 Å². The largest absolute Gasteiger partial charge is 0.353 e. The van der Waals surface area contributed by atoms with Crippen LogP contribution in [-0.4, -0.2) is 29.3 Å². The van der Waals surface area contributed by atoms with E-state index in [-0.39, 0.29) is 23.8 Å². The Hall–Kier alpha value is -1.84. The standard InChI is InChI=1S/C18H24N2O2/c1-3-20-16(21)11-10-15(18(22)19-14-8-9-14)17(20)13-6-4-12(2)5-7-13/h4-7,14-15,17H,3,8-11H2,1-2H3,(H,19,22)/t15-,17+/m1/s1. The molecule has 118 valence electrons. The Morgan fingerprint density at radius 1 is 1.23 bits per heavy atom. The second-order valence-corrected chi connectivity index (χ2v) is 6.46. The fourth-order valence-electron chi connectivity index (χ4n) is 3.31. The number of aryl methyl sites for hydroxylation is 1. The summed E-state index contributed by atoms with van der Waals surface area (Å²) < 4.78 is 0. The van der Waals surface area contributed by atoms with Gasteiger partial charge in [-0.25, -0.2) is 0 Å². The predicted molar refractivity (Wildman–Crippen MR) is 85.2 cm³/mol. The number of benzene rings is 1. The van der Waals surface area contributed by atoms with E-state index in [4.69, 9.17) is 0 Å². The van der Waals surface area contributed by atoms with Gasteiger partial charge in [0.2, 0.25) is 11.8 Å². The molecule has 4 heteroatoms. The molecule has 2 aliphatic rings. The van der Waals surface area contributed by atoms with Gasteiger partial charge in [0.15, 0.2) is 0 Å². The second-order valence-electron chi connectivity index (χ2n) is 6.46. The van der Waals surface area contributed by atoms with Gasteiger partial charge in [-0.2, -0.15) is 0 Å². The molecule has 22 heavy (non-hydrogen) atoms. The van der Waals surface area contributed by atoms with Gasteiger partial charge in [-0.05, 0) is 38.7 Å². The number of nitrogens with one attached hydrogen (secondary N) is 1. The summed E-state index contributed by atoms with van der Waals surface area (Å²) in [5.41, 5.74) is 2.25. The number of hydrogen-bond acceptors (Lipinski definition) is 2. The van der Waals surface area contributed by atoms with E-state index >= 15 is 0 Å². The van der Waals surface area contributed by atoms with Crippen molar-refractivity contribution in [3.05, 3.63) is 35.4 Å². The van der Waals surface area contributed by atoms with E-state index in [0.29, 0.717) is 25.4 Å². The van der Waals surface area contributed by atoms with Crippen molar-refractivity contribution in [1.82, 2.24) is 10.2 Å². The van der Waals surface area contributed by atoms with E-state index in [1.807, 2.05) is 18.7 Å². The van der Waals surface area contributed by atoms with Crippen molar-refractivity contribution in [2.45, 2.75) is 51.6 Å². The van der Waals surface area contributed by atoms with Crippen molar-refractivity contribution < 1.29 is 9.59 Å². The quantitative estimate of drug-likeness (QED) is 0.929. The van der Waals surface area contributed by atoms with Crippen LogP contribution in [0, 0.1) is 12.8 Å². The molecule has 2 fully saturated rings. The average molecular weight is 300 g/mol. The Kier molecular flexibility index (Phi) is 4.19. The maximum absolute atomic E-state index is 12.6. The van der Waals surface area contributed by atoms with Gasteiger partial charge in [0.1, 0.15) is 0 Å². The third kappa shape index (κ3) is 3.01. The van der Waals surface area contributed by atoms with Crippen molar-refractivity contribution in [1.29, 1.82) is 0 Å². The summed E-state index contributed by atoms with van der Waals surface area (Å²) in [6.07, 6.45) is 3.29. The van der Waals surface area contributed by atoms with Gasteiger partial charge in [-0.15, -0.1) is 0 Å². The maximum Gasteiger partial charge on any atom is 0.225 e. The van der Waals surface area contributed by atoms with Crippen LogP contribution in [0.3, 0.4) is 0 Å². The lowest BCUT2D eigenvalue weighted by atomic mass is 9.83. The highest BCUT2D eigenvalue weighted by Gasteiger charge is 2.41. The first-order valence-corrected chi connectivity index (χ1v) is 8.26. The molecule has 2 amide bonds. The lowest BCUT2D eigenvalue weighted by Gasteiger charge is -2.40. The van der Waals surface area contributed by atoms with E-state index in [1.54, 1.807) is 0 Å². The van der Waals surface area contributed by atoms with E-state index in [9.17, 15) is 9.59 Å². The first kappa shape index (κ1) is 15.1. The van der Waals surface area contributed by atoms with Gasteiger partial charge in [-0.1, -0.05) is 29.8 Å². The summed E-state index contributed by atoms with van der Waals surface area (Å²) in [5.74, 6) is 0.128. The lowest BCUT2D eigenvalue weighted by Crippen LogP contribution is -2.48. The van der Waals surface area contributed by atoms with Crippen molar-refractivity contribution in [3.63, 3.8) is 0 Å². The number of carbonyl (C=O) groups excluding carboxylic acids is 2. The summed E-state index contributed by atoms with van der Waals surface area (Å²) in [6.45, 7) is 4.68. The first-order chi connectivity index (χ1) is 10.6. The summed E-state index contributed by atoms with van der Waals surface area (Å²) in [7, 11) is 0. The zero-order chi connectivity index (χ0) is 15.7. The highest BCUT2D eigenvalue weighted by molar-refractivity contribution is 5.85. The number of rotatable bonds is 4. The van der Waals surface area contributed by atoms with E-state index in [2.05, 4.69) is 29.6 Å². The molecule has 1 aliphatic heterocycles. The van der Waals surface area contributed by atoms with Crippen LogP contribution in [0.15, 0.2) is 24.3 Å². The molecule has 1 N–H and O–H groups in total. The van der Waals surface area contributed by atoms with Gasteiger partial charge < -0.3 is 10.2 Å². The van der Waals surface area contributed by atoms with Crippen molar-refractivity contribution in [2.75, 3.05) is 6.54 Å². The van der Waals surface area contributed by atoms with Gasteiger partial charge in [-0.3, -0.25) is 9.59 Å². The molecule has 0 radical (unpaired) electrons. The predicted octanol–water partition coefficient (Wildman–Crippen LogP) is 2.57. The summed E-state index contributed by atoms with van der Waals surface area (Å²) in [6, 6.07) is 8.44. The van der Waals surface area contributed by atoms with Crippen molar-refractivity contribution in [2.24, 2.45) is 5.92 Å². The Morgan fingerprint density at radius 3 is 2.50 bits per heavy atom. The van der Waals surface area contributed by atoms with Crippen LogP contribution < -0.4 is 5.32 Å². The molecular weight excluding hydrogens is 276 g/mol. The maximum atomic E-state index is 12.6. The smallest absolute Gasteiger partial charge is 0.225 e. The molecule has 2 atom stereocenters. The monoisotopic (exact) mass is 300 g/mol. The van der Waals surface area contributed by atoms with E-state index < -0.39 is 0 Å². The van der Waals surface area contributed by atoms with Crippen LogP contribution in [0.1, 0.15) is 49.8 Å². The molecule has 1 aromatic carbocycles. The van der Waals surface area contributed by atoms with E-state index in [1.165, 1.54) is 5.56 Å². The molecule has 4 nitrogen and oxygen atoms in total. The molecule has 0 bridgehead atoms. The molecule has 1 saturated carbocycles. The Balaban J connectivity index is 1.89. The third-order valence-corrected chi connectivity index (χ3v) is 4.73. The molecular formula is C18H24N2O2. The molecule has 0 unspecified atom stereocenters. The molecule has 1 aliphatic carbocycles. The topological polar surface area (TPSA) is 49.4 Å². The highest BCUT2D eigenvalue weighted by atomic mass is 16.2. The molecule has 1 saturated heterocycles. The fraction of sp³-hybridized carbons (Fsp3) is 0.556. The fourth-order valence-corrected chi connectivity index (χ4v) is 3.31. The summed E-state index contributed by atoms with van der Waals surface area (Å²) >= 11 is 0. The number of nitrogens with zero attached hydrogens (tertiary/aromatic N) is 1. The minimum atomic E-state index is -0.138. The van der Waals surface area contributed by atoms with Gasteiger partial charge in [0, 0.05) is 19.0 Å². The zero-order valence-electron chi connectivity index (χ0n) is 13.3. The molecule has 0 spiro atoms. The number of hydrogen-bond donors (Lipinski definition) is 1. The molecule has 3 rings (SSSR count). The SMILES string of the molecule is CCN1C(=O)CC[C@@H](C(=O)NC2CC2)[C@@H]1c1ccc(C)cc1. The average Bonchev–Trinajstić information content (AvgIpc) is 3.31. The van der Waals surface area contributed by atoms with Crippen LogP contribution in [0.2, 0.25) is 0 Å². The van der Waals surface area contributed by atoms with Crippen LogP contribution >= 0.6 is 0 Å². The minimum absolute atomic E-state index is 0.110. The molecule has 0 aromatic heterocycles. The normalized spacial score (nSPS) is 25.2. The van der Waals surface area contributed by atoms with Gasteiger partial charge in [0.25, 0.3) is 0 Å². The zero-order valence-corrected chi connectivity index (χ0v) is 13.3. The Labute approximate surface area is 131 Å². The number of amides is 2. The van der Waals surface area contributed by atoms with Gasteiger partial charge >= 0.3 is 0 Å². The number of likely N-dealkylation sites (tertiary alicyclic amines) is 1. The minimum Gasteiger partial charge on any atom is -0.353 e. The highest BCUT2D eigenvalue weighted by Crippen LogP contribution is 2.37. The van der Waals surface area contributed by atoms with Crippen LogP contribution in [0.25, 0.3) is 0 Å². The van der Waals surface area contributed by atoms with Crippen LogP contribution in [-0.2, 0) is 9.59 Å². The van der Waals surface area contributed by atoms with Crippen molar-refractivity contribution in [3.8, 4) is 0 Å². The molecule has 1 aromatic rings.